The van der Waals surface area contributed by atoms with Gasteiger partial charge in [-0.05, 0) is 0 Å². The van der Waals surface area contributed by atoms with Crippen LogP contribution in [0.2, 0.25) is 0 Å². The summed E-state index contributed by atoms with van der Waals surface area (Å²) in [4.78, 5) is 0. The number of nitrogens with one attached hydrogen (secondary N) is 1. The summed E-state index contributed by atoms with van der Waals surface area (Å²) in [7, 11) is -2.87. The van der Waals surface area contributed by atoms with Crippen LogP contribution in [0, 0.1) is 0 Å². The smallest absolute Gasteiger partial charge is 0.152 e. The highest BCUT2D eigenvalue weighted by molar-refractivity contribution is 7.91. The standard InChI is InChI=1S/C9H21NO3S/c1-4-14(11,12)8-7-13-6-5-10-9(2)3/h9-10H,4-8H2,1-3H3. The van der Waals surface area contributed by atoms with Gasteiger partial charge in [0.05, 0.1) is 19.0 Å². The Balaban J connectivity index is 3.31. The minimum atomic E-state index is -2.87. The Morgan fingerprint density at radius 1 is 1.29 bits per heavy atom. The molecule has 0 aliphatic heterocycles. The van der Waals surface area contributed by atoms with Gasteiger partial charge in [-0.2, -0.15) is 0 Å². The molecule has 0 atom stereocenters. The summed E-state index contributed by atoms with van der Waals surface area (Å²) in [5.41, 5.74) is 0. The monoisotopic (exact) mass is 223 g/mol. The Labute approximate surface area is 86.9 Å². The Hall–Kier alpha value is -0.130. The molecule has 0 unspecified atom stereocenters. The van der Waals surface area contributed by atoms with Crippen LogP contribution in [0.4, 0.5) is 0 Å². The van der Waals surface area contributed by atoms with Gasteiger partial charge in [0, 0.05) is 18.3 Å². The van der Waals surface area contributed by atoms with E-state index < -0.39 is 9.84 Å². The molecule has 0 saturated heterocycles. The lowest BCUT2D eigenvalue weighted by Crippen LogP contribution is -2.27. The molecule has 14 heavy (non-hydrogen) atoms. The fourth-order valence-corrected chi connectivity index (χ4v) is 1.51. The third-order valence-electron chi connectivity index (χ3n) is 1.78. The maximum atomic E-state index is 11.0. The summed E-state index contributed by atoms with van der Waals surface area (Å²) < 4.78 is 27.3. The summed E-state index contributed by atoms with van der Waals surface area (Å²) in [6.07, 6.45) is 0. The maximum absolute atomic E-state index is 11.0. The topological polar surface area (TPSA) is 55.4 Å². The van der Waals surface area contributed by atoms with Gasteiger partial charge in [0.15, 0.2) is 9.84 Å². The molecule has 5 heteroatoms. The van der Waals surface area contributed by atoms with Gasteiger partial charge in [-0.3, -0.25) is 0 Å². The summed E-state index contributed by atoms with van der Waals surface area (Å²) in [5.74, 6) is 0.325. The molecule has 86 valence electrons. The van der Waals surface area contributed by atoms with Crippen LogP contribution in [0.1, 0.15) is 20.8 Å². The van der Waals surface area contributed by atoms with Crippen LogP contribution in [-0.2, 0) is 14.6 Å². The van der Waals surface area contributed by atoms with Crippen LogP contribution in [0.3, 0.4) is 0 Å². The van der Waals surface area contributed by atoms with Gasteiger partial charge in [0.1, 0.15) is 0 Å². The van der Waals surface area contributed by atoms with Crippen LogP contribution in [-0.4, -0.2) is 45.7 Å². The van der Waals surface area contributed by atoms with E-state index in [2.05, 4.69) is 19.2 Å². The molecule has 0 aromatic heterocycles. The van der Waals surface area contributed by atoms with Crippen LogP contribution >= 0.6 is 0 Å². The van der Waals surface area contributed by atoms with Crippen molar-refractivity contribution in [3.63, 3.8) is 0 Å². The number of rotatable bonds is 8. The first-order valence-corrected chi connectivity index (χ1v) is 6.81. The Morgan fingerprint density at radius 3 is 2.43 bits per heavy atom. The number of sulfone groups is 1. The van der Waals surface area contributed by atoms with Gasteiger partial charge in [0.2, 0.25) is 0 Å². The second-order valence-corrected chi connectivity index (χ2v) is 5.93. The van der Waals surface area contributed by atoms with Crippen molar-refractivity contribution in [1.82, 2.24) is 5.32 Å². The molecule has 0 saturated carbocycles. The molecule has 4 nitrogen and oxygen atoms in total. The van der Waals surface area contributed by atoms with Crippen molar-refractivity contribution in [2.75, 3.05) is 31.3 Å². The summed E-state index contributed by atoms with van der Waals surface area (Å²) >= 11 is 0. The van der Waals surface area contributed by atoms with Crippen LogP contribution < -0.4 is 5.32 Å². The van der Waals surface area contributed by atoms with Gasteiger partial charge in [-0.1, -0.05) is 20.8 Å². The fourth-order valence-electron chi connectivity index (χ4n) is 0.852. The molecule has 0 aliphatic rings. The van der Waals surface area contributed by atoms with Crippen molar-refractivity contribution in [3.05, 3.63) is 0 Å². The summed E-state index contributed by atoms with van der Waals surface area (Å²) in [6, 6.07) is 0.443. The molecule has 0 radical (unpaired) electrons. The molecule has 0 rings (SSSR count). The molecule has 0 spiro atoms. The minimum Gasteiger partial charge on any atom is -0.379 e. The van der Waals surface area contributed by atoms with E-state index in [9.17, 15) is 8.42 Å². The SMILES string of the molecule is CCS(=O)(=O)CCOCCNC(C)C. The predicted octanol–water partition coefficient (Wildman–Crippen LogP) is 0.436. The van der Waals surface area contributed by atoms with Crippen molar-refractivity contribution < 1.29 is 13.2 Å². The zero-order valence-electron chi connectivity index (χ0n) is 9.25. The fraction of sp³-hybridized carbons (Fsp3) is 1.00. The highest BCUT2D eigenvalue weighted by Crippen LogP contribution is 1.89. The maximum Gasteiger partial charge on any atom is 0.152 e. The first-order chi connectivity index (χ1) is 6.48. The number of ether oxygens (including phenoxy) is 1. The average Bonchev–Trinajstić information content (AvgIpc) is 2.10. The van der Waals surface area contributed by atoms with E-state index in [4.69, 9.17) is 4.74 Å². The second-order valence-electron chi connectivity index (χ2n) is 3.46. The van der Waals surface area contributed by atoms with Gasteiger partial charge in [-0.15, -0.1) is 0 Å². The Bertz CT molecular complexity index is 224. The van der Waals surface area contributed by atoms with Gasteiger partial charge < -0.3 is 10.1 Å². The van der Waals surface area contributed by atoms with Crippen LogP contribution in [0.25, 0.3) is 0 Å². The Morgan fingerprint density at radius 2 is 1.93 bits per heavy atom. The second kappa shape index (κ2) is 7.20. The zero-order chi connectivity index (χ0) is 11.0. The highest BCUT2D eigenvalue weighted by atomic mass is 32.2. The molecule has 0 amide bonds. The molecule has 0 bridgehead atoms. The molecule has 0 fully saturated rings. The van der Waals surface area contributed by atoms with E-state index in [1.54, 1.807) is 6.92 Å². The van der Waals surface area contributed by atoms with Gasteiger partial charge in [0.25, 0.3) is 0 Å². The molecular formula is C9H21NO3S. The van der Waals surface area contributed by atoms with Crippen molar-refractivity contribution in [2.24, 2.45) is 0 Å². The lowest BCUT2D eigenvalue weighted by molar-refractivity contribution is 0.149. The largest absolute Gasteiger partial charge is 0.379 e. The van der Waals surface area contributed by atoms with E-state index in [1.165, 1.54) is 0 Å². The van der Waals surface area contributed by atoms with Crippen molar-refractivity contribution in [2.45, 2.75) is 26.8 Å². The number of hydrogen-bond acceptors (Lipinski definition) is 4. The van der Waals surface area contributed by atoms with Crippen LogP contribution in [0.15, 0.2) is 0 Å². The van der Waals surface area contributed by atoms with E-state index >= 15 is 0 Å². The average molecular weight is 223 g/mol. The quantitative estimate of drug-likeness (QED) is 0.607. The molecule has 0 aliphatic carbocycles. The van der Waals surface area contributed by atoms with Crippen molar-refractivity contribution >= 4 is 9.84 Å². The molecule has 0 heterocycles. The first kappa shape index (κ1) is 13.9. The Kier molecular flexibility index (Phi) is 7.13. The van der Waals surface area contributed by atoms with Crippen LogP contribution in [0.5, 0.6) is 0 Å². The third-order valence-corrected chi connectivity index (χ3v) is 3.45. The highest BCUT2D eigenvalue weighted by Gasteiger charge is 2.06. The van der Waals surface area contributed by atoms with Gasteiger partial charge in [-0.25, -0.2) is 8.42 Å². The summed E-state index contributed by atoms with van der Waals surface area (Å²) in [6.45, 7) is 7.40. The van der Waals surface area contributed by atoms with Gasteiger partial charge >= 0.3 is 0 Å². The summed E-state index contributed by atoms with van der Waals surface area (Å²) in [5, 5.41) is 3.18. The van der Waals surface area contributed by atoms with E-state index in [0.29, 0.717) is 19.3 Å². The van der Waals surface area contributed by atoms with E-state index in [0.717, 1.165) is 6.54 Å². The van der Waals surface area contributed by atoms with E-state index in [1.807, 2.05) is 0 Å². The molecular weight excluding hydrogens is 202 g/mol. The van der Waals surface area contributed by atoms with Crippen molar-refractivity contribution in [1.29, 1.82) is 0 Å². The zero-order valence-corrected chi connectivity index (χ0v) is 10.1. The molecule has 1 N–H and O–H groups in total. The van der Waals surface area contributed by atoms with E-state index in [-0.39, 0.29) is 11.5 Å². The molecule has 0 aromatic carbocycles. The molecule has 0 aromatic rings. The number of hydrogen-bond donors (Lipinski definition) is 1. The minimum absolute atomic E-state index is 0.130. The predicted molar refractivity (Wildman–Crippen MR) is 58.3 cm³/mol. The third kappa shape index (κ3) is 8.47. The normalized spacial score (nSPS) is 12.3. The lowest BCUT2D eigenvalue weighted by Gasteiger charge is -2.08. The first-order valence-electron chi connectivity index (χ1n) is 4.99. The lowest BCUT2D eigenvalue weighted by atomic mass is 10.4. The van der Waals surface area contributed by atoms with Crippen molar-refractivity contribution in [3.8, 4) is 0 Å².